The summed E-state index contributed by atoms with van der Waals surface area (Å²) in [5, 5.41) is 6.68. The normalized spacial score (nSPS) is 11.7. The van der Waals surface area contributed by atoms with E-state index in [2.05, 4.69) is 10.6 Å². The minimum Gasteiger partial charge on any atom is -0.352 e. The Morgan fingerprint density at radius 1 is 1.08 bits per heavy atom. The van der Waals surface area contributed by atoms with Gasteiger partial charge in [-0.05, 0) is 42.3 Å². The second kappa shape index (κ2) is 8.18. The zero-order chi connectivity index (χ0) is 17.7. The van der Waals surface area contributed by atoms with Crippen LogP contribution in [0.4, 0.5) is 0 Å². The van der Waals surface area contributed by atoms with Gasteiger partial charge in [-0.1, -0.05) is 41.4 Å². The van der Waals surface area contributed by atoms with Gasteiger partial charge in [0.2, 0.25) is 5.91 Å². The van der Waals surface area contributed by atoms with Crippen molar-refractivity contribution in [3.63, 3.8) is 0 Å². The lowest BCUT2D eigenvalue weighted by Gasteiger charge is -2.16. The van der Waals surface area contributed by atoms with E-state index < -0.39 is 0 Å². The minimum atomic E-state index is -0.249. The number of nitrogens with one attached hydrogen (secondary N) is 2. The molecule has 6 heteroatoms. The van der Waals surface area contributed by atoms with Gasteiger partial charge in [-0.25, -0.2) is 0 Å². The van der Waals surface area contributed by atoms with E-state index in [4.69, 9.17) is 23.2 Å². The summed E-state index contributed by atoms with van der Waals surface area (Å²) in [5.41, 5.74) is 2.27. The van der Waals surface area contributed by atoms with Crippen molar-refractivity contribution in [2.45, 2.75) is 26.4 Å². The summed E-state index contributed by atoms with van der Waals surface area (Å²) in [4.78, 5) is 23.2. The molecule has 1 atom stereocenters. The molecule has 4 nitrogen and oxygen atoms in total. The third-order valence-corrected chi connectivity index (χ3v) is 4.10. The molecule has 0 heterocycles. The maximum atomic E-state index is 12.3. The molecule has 0 bridgehead atoms. The van der Waals surface area contributed by atoms with Crippen LogP contribution in [0.5, 0.6) is 0 Å². The third kappa shape index (κ3) is 4.98. The Balaban J connectivity index is 2.02. The van der Waals surface area contributed by atoms with Crippen LogP contribution in [0.25, 0.3) is 0 Å². The van der Waals surface area contributed by atoms with Crippen molar-refractivity contribution in [2.24, 2.45) is 0 Å². The van der Waals surface area contributed by atoms with Crippen molar-refractivity contribution in [2.75, 3.05) is 0 Å². The highest BCUT2D eigenvalue weighted by Gasteiger charge is 2.14. The topological polar surface area (TPSA) is 58.2 Å². The molecule has 126 valence electrons. The molecule has 2 aromatic rings. The zero-order valence-corrected chi connectivity index (χ0v) is 14.9. The van der Waals surface area contributed by atoms with E-state index in [-0.39, 0.29) is 17.9 Å². The van der Waals surface area contributed by atoms with Gasteiger partial charge in [0.25, 0.3) is 5.91 Å². The highest BCUT2D eigenvalue weighted by molar-refractivity contribution is 6.35. The number of rotatable bonds is 5. The van der Waals surface area contributed by atoms with E-state index in [1.165, 1.54) is 6.92 Å². The highest BCUT2D eigenvalue weighted by Crippen LogP contribution is 2.26. The van der Waals surface area contributed by atoms with Gasteiger partial charge in [-0.15, -0.1) is 0 Å². The molecular weight excluding hydrogens is 347 g/mol. The summed E-state index contributed by atoms with van der Waals surface area (Å²) in [6.45, 7) is 3.76. The standard InChI is InChI=1S/C18H18Cl2N2O2/c1-11(16-8-7-15(19)9-17(16)20)22-18(24)14-5-3-13(4-6-14)10-21-12(2)23/h3-9,11H,10H2,1-2H3,(H,21,23)(H,22,24). The van der Waals surface area contributed by atoms with E-state index in [1.54, 1.807) is 30.3 Å². The van der Waals surface area contributed by atoms with Gasteiger partial charge in [-0.3, -0.25) is 9.59 Å². The van der Waals surface area contributed by atoms with Gasteiger partial charge < -0.3 is 10.6 Å². The highest BCUT2D eigenvalue weighted by atomic mass is 35.5. The van der Waals surface area contributed by atoms with Crippen LogP contribution < -0.4 is 10.6 Å². The van der Waals surface area contributed by atoms with Crippen LogP contribution in [0.3, 0.4) is 0 Å². The fraction of sp³-hybridized carbons (Fsp3) is 0.222. The lowest BCUT2D eigenvalue weighted by atomic mass is 10.1. The molecule has 2 amide bonds. The number of benzene rings is 2. The summed E-state index contributed by atoms with van der Waals surface area (Å²) in [6.07, 6.45) is 0. The minimum absolute atomic E-state index is 0.0921. The van der Waals surface area contributed by atoms with Crippen molar-refractivity contribution in [1.29, 1.82) is 0 Å². The van der Waals surface area contributed by atoms with Crippen molar-refractivity contribution >= 4 is 35.0 Å². The summed E-state index contributed by atoms with van der Waals surface area (Å²) in [7, 11) is 0. The number of hydrogen-bond donors (Lipinski definition) is 2. The summed E-state index contributed by atoms with van der Waals surface area (Å²) in [6, 6.07) is 12.0. The van der Waals surface area contributed by atoms with Gasteiger partial charge in [0.05, 0.1) is 6.04 Å². The molecule has 0 aromatic heterocycles. The Bertz CT molecular complexity index is 745. The van der Waals surface area contributed by atoms with Crippen molar-refractivity contribution in [1.82, 2.24) is 10.6 Å². The SMILES string of the molecule is CC(=O)NCc1ccc(C(=O)NC(C)c2ccc(Cl)cc2Cl)cc1. The lowest BCUT2D eigenvalue weighted by molar-refractivity contribution is -0.119. The monoisotopic (exact) mass is 364 g/mol. The van der Waals surface area contributed by atoms with Crippen LogP contribution in [-0.4, -0.2) is 11.8 Å². The predicted octanol–water partition coefficient (Wildman–Crippen LogP) is 4.12. The number of amides is 2. The molecule has 2 N–H and O–H groups in total. The van der Waals surface area contributed by atoms with Gasteiger partial charge in [0, 0.05) is 29.1 Å². The predicted molar refractivity (Wildman–Crippen MR) is 96.3 cm³/mol. The molecule has 0 aliphatic rings. The number of hydrogen-bond acceptors (Lipinski definition) is 2. The summed E-state index contributed by atoms with van der Waals surface area (Å²) < 4.78 is 0. The molecule has 0 spiro atoms. The zero-order valence-electron chi connectivity index (χ0n) is 13.4. The average molecular weight is 365 g/mol. The first-order valence-electron chi connectivity index (χ1n) is 7.46. The second-order valence-corrected chi connectivity index (χ2v) is 6.31. The molecule has 0 fully saturated rings. The van der Waals surface area contributed by atoms with Crippen LogP contribution in [0, 0.1) is 0 Å². The Morgan fingerprint density at radius 2 is 1.75 bits per heavy atom. The first-order valence-corrected chi connectivity index (χ1v) is 8.21. The van der Waals surface area contributed by atoms with E-state index in [0.717, 1.165) is 11.1 Å². The quantitative estimate of drug-likeness (QED) is 0.838. The Labute approximate surface area is 151 Å². The lowest BCUT2D eigenvalue weighted by Crippen LogP contribution is -2.27. The van der Waals surface area contributed by atoms with Crippen molar-refractivity contribution in [3.8, 4) is 0 Å². The third-order valence-electron chi connectivity index (χ3n) is 3.53. The molecular formula is C18H18Cl2N2O2. The molecule has 2 aromatic carbocycles. The molecule has 24 heavy (non-hydrogen) atoms. The first-order chi connectivity index (χ1) is 11.4. The number of carbonyl (C=O) groups excluding carboxylic acids is 2. The van der Waals surface area contributed by atoms with Gasteiger partial charge in [0.1, 0.15) is 0 Å². The molecule has 0 radical (unpaired) electrons. The molecule has 0 aliphatic heterocycles. The van der Waals surface area contributed by atoms with Crippen LogP contribution in [0.15, 0.2) is 42.5 Å². The van der Waals surface area contributed by atoms with E-state index in [0.29, 0.717) is 22.2 Å². The maximum absolute atomic E-state index is 12.3. The Kier molecular flexibility index (Phi) is 6.23. The second-order valence-electron chi connectivity index (χ2n) is 5.47. The van der Waals surface area contributed by atoms with E-state index in [1.807, 2.05) is 19.1 Å². The fourth-order valence-corrected chi connectivity index (χ4v) is 2.78. The number of halogens is 2. The van der Waals surface area contributed by atoms with Crippen LogP contribution in [0.1, 0.15) is 41.4 Å². The molecule has 0 aliphatic carbocycles. The molecule has 0 saturated carbocycles. The smallest absolute Gasteiger partial charge is 0.251 e. The Morgan fingerprint density at radius 3 is 2.33 bits per heavy atom. The average Bonchev–Trinajstić information content (AvgIpc) is 2.53. The van der Waals surface area contributed by atoms with Crippen LogP contribution in [-0.2, 0) is 11.3 Å². The van der Waals surface area contributed by atoms with Crippen molar-refractivity contribution in [3.05, 3.63) is 69.2 Å². The van der Waals surface area contributed by atoms with Crippen molar-refractivity contribution < 1.29 is 9.59 Å². The molecule has 0 saturated heterocycles. The van der Waals surface area contributed by atoms with Crippen LogP contribution in [0.2, 0.25) is 10.0 Å². The van der Waals surface area contributed by atoms with Crippen LogP contribution >= 0.6 is 23.2 Å². The van der Waals surface area contributed by atoms with Gasteiger partial charge in [0.15, 0.2) is 0 Å². The fourth-order valence-electron chi connectivity index (χ4n) is 2.21. The van der Waals surface area contributed by atoms with E-state index in [9.17, 15) is 9.59 Å². The van der Waals surface area contributed by atoms with E-state index >= 15 is 0 Å². The molecule has 1 unspecified atom stereocenters. The van der Waals surface area contributed by atoms with Gasteiger partial charge >= 0.3 is 0 Å². The maximum Gasteiger partial charge on any atom is 0.251 e. The largest absolute Gasteiger partial charge is 0.352 e. The first kappa shape index (κ1) is 18.3. The number of carbonyl (C=O) groups is 2. The summed E-state index contributed by atoms with van der Waals surface area (Å²) in [5.74, 6) is -0.287. The molecule has 2 rings (SSSR count). The van der Waals surface area contributed by atoms with Gasteiger partial charge in [-0.2, -0.15) is 0 Å². The summed E-state index contributed by atoms with van der Waals surface area (Å²) >= 11 is 12.0. The Hall–Kier alpha value is -2.04.